The fourth-order valence-corrected chi connectivity index (χ4v) is 2.88. The quantitative estimate of drug-likeness (QED) is 0.392. The van der Waals surface area contributed by atoms with Gasteiger partial charge < -0.3 is 14.6 Å². The van der Waals surface area contributed by atoms with Crippen LogP contribution in [0.5, 0.6) is 11.5 Å². The van der Waals surface area contributed by atoms with Gasteiger partial charge in [0.25, 0.3) is 0 Å². The molecule has 1 N–H and O–H groups in total. The lowest BCUT2D eigenvalue weighted by Gasteiger charge is -2.30. The molecule has 0 bridgehead atoms. The molecule has 0 aromatic heterocycles. The first-order valence-electron chi connectivity index (χ1n) is 9.84. The second-order valence-corrected chi connectivity index (χ2v) is 8.81. The predicted molar refractivity (Wildman–Crippen MR) is 118 cm³/mol. The lowest BCUT2D eigenvalue weighted by molar-refractivity contribution is -0.171. The molecule has 5 heteroatoms. The molecule has 0 amide bonds. The van der Waals surface area contributed by atoms with E-state index < -0.39 is 17.2 Å². The number of aromatic hydroxyl groups is 1. The highest BCUT2D eigenvalue weighted by Gasteiger charge is 2.35. The van der Waals surface area contributed by atoms with Crippen molar-refractivity contribution >= 4 is 17.8 Å². The Morgan fingerprint density at radius 1 is 0.967 bits per heavy atom. The Morgan fingerprint density at radius 2 is 1.53 bits per heavy atom. The van der Waals surface area contributed by atoms with Gasteiger partial charge in [-0.05, 0) is 95.5 Å². The SMILES string of the molecule is Cc1cc(/C=C/C(=O)c2ccccc2O)cc(C)c1OC(C)(C)C(=O)OC(C)(C)C. The van der Waals surface area contributed by atoms with Gasteiger partial charge in [0.15, 0.2) is 11.4 Å². The zero-order valence-electron chi connectivity index (χ0n) is 18.7. The molecule has 0 aliphatic heterocycles. The number of hydrogen-bond donors (Lipinski definition) is 1. The van der Waals surface area contributed by atoms with E-state index >= 15 is 0 Å². The van der Waals surface area contributed by atoms with Crippen LogP contribution < -0.4 is 4.74 Å². The van der Waals surface area contributed by atoms with Gasteiger partial charge in [0.05, 0.1) is 5.56 Å². The van der Waals surface area contributed by atoms with Gasteiger partial charge in [-0.2, -0.15) is 0 Å². The number of esters is 1. The van der Waals surface area contributed by atoms with Crippen molar-refractivity contribution in [3.8, 4) is 11.5 Å². The van der Waals surface area contributed by atoms with Crippen LogP contribution in [0.4, 0.5) is 0 Å². The van der Waals surface area contributed by atoms with Crippen molar-refractivity contribution in [2.24, 2.45) is 0 Å². The first kappa shape index (κ1) is 23.2. The summed E-state index contributed by atoms with van der Waals surface area (Å²) in [7, 11) is 0. The van der Waals surface area contributed by atoms with Gasteiger partial charge in [-0.25, -0.2) is 4.79 Å². The number of carbonyl (C=O) groups is 2. The Morgan fingerprint density at radius 3 is 2.07 bits per heavy atom. The first-order chi connectivity index (χ1) is 13.8. The summed E-state index contributed by atoms with van der Waals surface area (Å²) in [4.78, 5) is 24.8. The summed E-state index contributed by atoms with van der Waals surface area (Å²) >= 11 is 0. The van der Waals surface area contributed by atoms with Gasteiger partial charge in [0, 0.05) is 0 Å². The Labute approximate surface area is 178 Å². The van der Waals surface area contributed by atoms with Gasteiger partial charge in [-0.15, -0.1) is 0 Å². The summed E-state index contributed by atoms with van der Waals surface area (Å²) in [6, 6.07) is 10.2. The molecule has 0 spiro atoms. The van der Waals surface area contributed by atoms with E-state index in [1.165, 1.54) is 12.1 Å². The van der Waals surface area contributed by atoms with E-state index in [1.54, 1.807) is 38.1 Å². The number of rotatable bonds is 6. The van der Waals surface area contributed by atoms with Crippen molar-refractivity contribution in [3.05, 3.63) is 64.7 Å². The number of para-hydroxylation sites is 1. The van der Waals surface area contributed by atoms with Crippen molar-refractivity contribution in [1.82, 2.24) is 0 Å². The fraction of sp³-hybridized carbons (Fsp3) is 0.360. The van der Waals surface area contributed by atoms with Crippen LogP contribution in [0.15, 0.2) is 42.5 Å². The van der Waals surface area contributed by atoms with Crippen LogP contribution in [-0.2, 0) is 9.53 Å². The number of phenolic OH excluding ortho intramolecular Hbond substituents is 1. The Balaban J connectivity index is 2.22. The summed E-state index contributed by atoms with van der Waals surface area (Å²) in [6.07, 6.45) is 3.12. The van der Waals surface area contributed by atoms with Gasteiger partial charge in [0.2, 0.25) is 0 Å². The molecule has 0 atom stereocenters. The highest BCUT2D eigenvalue weighted by molar-refractivity contribution is 6.08. The van der Waals surface area contributed by atoms with Crippen molar-refractivity contribution in [2.45, 2.75) is 59.7 Å². The fourth-order valence-electron chi connectivity index (χ4n) is 2.88. The maximum absolute atomic E-state index is 12.5. The first-order valence-corrected chi connectivity index (χ1v) is 9.84. The molecule has 0 aliphatic rings. The van der Waals surface area contributed by atoms with Crippen LogP contribution in [0.1, 0.15) is 61.7 Å². The smallest absolute Gasteiger partial charge is 0.350 e. The summed E-state index contributed by atoms with van der Waals surface area (Å²) < 4.78 is 11.5. The average molecular weight is 411 g/mol. The second-order valence-electron chi connectivity index (χ2n) is 8.81. The molecule has 0 unspecified atom stereocenters. The summed E-state index contributed by atoms with van der Waals surface area (Å²) in [5.74, 6) is -0.163. The van der Waals surface area contributed by atoms with Crippen LogP contribution in [-0.4, -0.2) is 28.1 Å². The lowest BCUT2D eigenvalue weighted by atomic mass is 10.0. The molecule has 0 radical (unpaired) electrons. The molecule has 30 heavy (non-hydrogen) atoms. The molecule has 5 nitrogen and oxygen atoms in total. The molecule has 0 saturated carbocycles. The zero-order chi connectivity index (χ0) is 22.7. The topological polar surface area (TPSA) is 72.8 Å². The third kappa shape index (κ3) is 5.96. The number of hydrogen-bond acceptors (Lipinski definition) is 5. The summed E-state index contributed by atoms with van der Waals surface area (Å²) in [5, 5.41) is 9.82. The van der Waals surface area contributed by atoms with Gasteiger partial charge in [0.1, 0.15) is 17.1 Å². The molecule has 2 rings (SSSR count). The van der Waals surface area contributed by atoms with Crippen molar-refractivity contribution < 1.29 is 24.2 Å². The number of benzene rings is 2. The van der Waals surface area contributed by atoms with E-state index in [2.05, 4.69) is 0 Å². The van der Waals surface area contributed by atoms with Crippen LogP contribution in [0.2, 0.25) is 0 Å². The third-order valence-corrected chi connectivity index (χ3v) is 4.33. The van der Waals surface area contributed by atoms with Gasteiger partial charge >= 0.3 is 5.97 Å². The Bertz CT molecular complexity index is 954. The van der Waals surface area contributed by atoms with Crippen LogP contribution in [0, 0.1) is 13.8 Å². The third-order valence-electron chi connectivity index (χ3n) is 4.33. The maximum Gasteiger partial charge on any atom is 0.350 e. The van der Waals surface area contributed by atoms with Crippen molar-refractivity contribution in [1.29, 1.82) is 0 Å². The van der Waals surface area contributed by atoms with Crippen molar-refractivity contribution in [2.75, 3.05) is 0 Å². The Hall–Kier alpha value is -3.08. The highest BCUT2D eigenvalue weighted by atomic mass is 16.6. The molecule has 0 saturated heterocycles. The number of phenols is 1. The average Bonchev–Trinajstić information content (AvgIpc) is 2.61. The number of ketones is 1. The second kappa shape index (κ2) is 8.74. The molecule has 2 aromatic carbocycles. The van der Waals surface area contributed by atoms with E-state index in [-0.39, 0.29) is 17.1 Å². The van der Waals surface area contributed by atoms with E-state index in [0.29, 0.717) is 5.75 Å². The molecule has 0 fully saturated rings. The molecule has 0 aliphatic carbocycles. The minimum atomic E-state index is -1.15. The molecule has 0 heterocycles. The molecular formula is C25H30O5. The Kier molecular flexibility index (Phi) is 6.76. The van der Waals surface area contributed by atoms with Crippen molar-refractivity contribution in [3.63, 3.8) is 0 Å². The largest absolute Gasteiger partial charge is 0.507 e. The molecule has 2 aromatic rings. The maximum atomic E-state index is 12.5. The molecular weight excluding hydrogens is 380 g/mol. The van der Waals surface area contributed by atoms with E-state index in [9.17, 15) is 14.7 Å². The monoisotopic (exact) mass is 410 g/mol. The van der Waals surface area contributed by atoms with E-state index in [4.69, 9.17) is 9.47 Å². The predicted octanol–water partition coefficient (Wildman–Crippen LogP) is 5.40. The number of carbonyl (C=O) groups excluding carboxylic acids is 2. The minimum Gasteiger partial charge on any atom is -0.507 e. The number of allylic oxidation sites excluding steroid dienone is 1. The van der Waals surface area contributed by atoms with E-state index in [1.807, 2.05) is 46.8 Å². The molecule has 160 valence electrons. The lowest BCUT2D eigenvalue weighted by Crippen LogP contribution is -2.43. The highest BCUT2D eigenvalue weighted by Crippen LogP contribution is 2.30. The van der Waals surface area contributed by atoms with Gasteiger partial charge in [-0.3, -0.25) is 4.79 Å². The van der Waals surface area contributed by atoms with Crippen LogP contribution in [0.3, 0.4) is 0 Å². The zero-order valence-corrected chi connectivity index (χ0v) is 18.7. The van der Waals surface area contributed by atoms with Crippen LogP contribution in [0.25, 0.3) is 6.08 Å². The number of aryl methyl sites for hydroxylation is 2. The summed E-state index contributed by atoms with van der Waals surface area (Å²) in [6.45, 7) is 12.6. The van der Waals surface area contributed by atoms with E-state index in [0.717, 1.165) is 16.7 Å². The van der Waals surface area contributed by atoms with Crippen LogP contribution >= 0.6 is 0 Å². The number of ether oxygens (including phenoxy) is 2. The van der Waals surface area contributed by atoms with Gasteiger partial charge in [-0.1, -0.05) is 18.2 Å². The standard InChI is InChI=1S/C25H30O5/c1-16-14-18(12-13-21(27)19-10-8-9-11-20(19)26)15-17(2)22(16)29-25(6,7)23(28)30-24(3,4)5/h8-15,26H,1-7H3/b13-12+. The normalized spacial score (nSPS) is 12.1. The minimum absolute atomic E-state index is 0.0485. The summed E-state index contributed by atoms with van der Waals surface area (Å²) in [5.41, 5.74) is 0.983.